The number of benzene rings is 2. The van der Waals surface area contributed by atoms with Crippen LogP contribution < -0.4 is 10.6 Å². The van der Waals surface area contributed by atoms with Crippen LogP contribution in [-0.4, -0.2) is 33.6 Å². The van der Waals surface area contributed by atoms with Crippen molar-refractivity contribution < 1.29 is 4.79 Å². The Bertz CT molecular complexity index is 884. The molecule has 0 unspecified atom stereocenters. The van der Waals surface area contributed by atoms with Crippen LogP contribution in [0.5, 0.6) is 0 Å². The van der Waals surface area contributed by atoms with E-state index in [1.54, 1.807) is 12.5 Å². The zero-order chi connectivity index (χ0) is 21.2. The Labute approximate surface area is 178 Å². The largest absolute Gasteiger partial charge is 0.334 e. The molecular weight excluding hydrogens is 374 g/mol. The van der Waals surface area contributed by atoms with Crippen molar-refractivity contribution in [2.75, 3.05) is 13.1 Å². The number of carbonyl (C=O) groups is 1. The monoisotopic (exact) mass is 405 g/mol. The van der Waals surface area contributed by atoms with Gasteiger partial charge in [0, 0.05) is 38.6 Å². The summed E-state index contributed by atoms with van der Waals surface area (Å²) in [7, 11) is 0. The van der Waals surface area contributed by atoms with Gasteiger partial charge in [-0.3, -0.25) is 4.90 Å². The highest BCUT2D eigenvalue weighted by Gasteiger charge is 2.04. The molecule has 0 saturated carbocycles. The molecule has 6 nitrogen and oxygen atoms in total. The fourth-order valence-electron chi connectivity index (χ4n) is 3.25. The van der Waals surface area contributed by atoms with Crippen LogP contribution in [0.1, 0.15) is 36.1 Å². The molecule has 2 N–H and O–H groups in total. The summed E-state index contributed by atoms with van der Waals surface area (Å²) in [6, 6.07) is 16.5. The van der Waals surface area contributed by atoms with Gasteiger partial charge in [0.15, 0.2) is 0 Å². The quantitative estimate of drug-likeness (QED) is 0.540. The van der Waals surface area contributed by atoms with Crippen molar-refractivity contribution in [3.05, 3.63) is 89.5 Å². The normalized spacial score (nSPS) is 10.9. The first kappa shape index (κ1) is 21.6. The molecule has 30 heavy (non-hydrogen) atoms. The van der Waals surface area contributed by atoms with Crippen LogP contribution in [0.15, 0.2) is 67.3 Å². The molecule has 1 aromatic heterocycles. The van der Waals surface area contributed by atoms with Gasteiger partial charge in [-0.25, -0.2) is 9.78 Å². The van der Waals surface area contributed by atoms with E-state index in [1.165, 1.54) is 11.1 Å². The third-order valence-electron chi connectivity index (χ3n) is 5.18. The number of imidazole rings is 1. The Kier molecular flexibility index (Phi) is 8.03. The molecule has 158 valence electrons. The van der Waals surface area contributed by atoms with Crippen molar-refractivity contribution in [1.82, 2.24) is 25.1 Å². The van der Waals surface area contributed by atoms with Gasteiger partial charge in [-0.15, -0.1) is 0 Å². The molecule has 3 aromatic rings. The van der Waals surface area contributed by atoms with Gasteiger partial charge in [0.25, 0.3) is 0 Å². The van der Waals surface area contributed by atoms with Crippen LogP contribution in [0.3, 0.4) is 0 Å². The van der Waals surface area contributed by atoms with Crippen LogP contribution in [0.4, 0.5) is 4.79 Å². The van der Waals surface area contributed by atoms with E-state index in [-0.39, 0.29) is 6.03 Å². The lowest BCUT2D eigenvalue weighted by atomic mass is 10.1. The van der Waals surface area contributed by atoms with E-state index in [1.807, 2.05) is 22.9 Å². The summed E-state index contributed by atoms with van der Waals surface area (Å²) in [6.45, 7) is 9.22. The Hall–Kier alpha value is -3.12. The maximum atomic E-state index is 12.1. The van der Waals surface area contributed by atoms with Crippen molar-refractivity contribution in [2.45, 2.75) is 40.0 Å². The molecule has 2 amide bonds. The molecule has 0 radical (unpaired) electrons. The number of urea groups is 1. The molecule has 6 heteroatoms. The molecule has 0 aliphatic heterocycles. The average molecular weight is 406 g/mol. The summed E-state index contributed by atoms with van der Waals surface area (Å²) in [6.07, 6.45) is 5.52. The van der Waals surface area contributed by atoms with Crippen LogP contribution >= 0.6 is 0 Å². The maximum Gasteiger partial charge on any atom is 0.315 e. The molecule has 0 atom stereocenters. The third-order valence-corrected chi connectivity index (χ3v) is 5.18. The van der Waals surface area contributed by atoms with E-state index in [4.69, 9.17) is 0 Å². The minimum atomic E-state index is -0.162. The Morgan fingerprint density at radius 2 is 1.40 bits per heavy atom. The van der Waals surface area contributed by atoms with Crippen molar-refractivity contribution >= 4 is 6.03 Å². The minimum Gasteiger partial charge on any atom is -0.334 e. The zero-order valence-corrected chi connectivity index (χ0v) is 17.8. The van der Waals surface area contributed by atoms with Crippen LogP contribution in [0.25, 0.3) is 0 Å². The Balaban J connectivity index is 1.39. The highest BCUT2D eigenvalue weighted by Crippen LogP contribution is 2.08. The van der Waals surface area contributed by atoms with Gasteiger partial charge in [0.1, 0.15) is 0 Å². The Morgan fingerprint density at radius 1 is 0.867 bits per heavy atom. The topological polar surface area (TPSA) is 62.2 Å². The second-order valence-corrected chi connectivity index (χ2v) is 7.37. The summed E-state index contributed by atoms with van der Waals surface area (Å²) in [4.78, 5) is 18.6. The van der Waals surface area contributed by atoms with Gasteiger partial charge >= 0.3 is 6.03 Å². The predicted octanol–water partition coefficient (Wildman–Crippen LogP) is 3.77. The lowest BCUT2D eigenvalue weighted by molar-refractivity contribution is 0.240. The SMILES string of the molecule is CCN(CC)Cc1ccc(CNC(=O)NCc2ccc(Cn3ccnc3)cc2)cc1. The molecule has 0 spiro atoms. The summed E-state index contributed by atoms with van der Waals surface area (Å²) in [5, 5.41) is 5.84. The smallest absolute Gasteiger partial charge is 0.315 e. The molecule has 3 rings (SSSR count). The number of rotatable bonds is 10. The van der Waals surface area contributed by atoms with Crippen molar-refractivity contribution in [1.29, 1.82) is 0 Å². The number of hydrogen-bond acceptors (Lipinski definition) is 3. The molecule has 1 heterocycles. The maximum absolute atomic E-state index is 12.1. The second-order valence-electron chi connectivity index (χ2n) is 7.37. The lowest BCUT2D eigenvalue weighted by Crippen LogP contribution is -2.34. The van der Waals surface area contributed by atoms with Crippen LogP contribution in [0, 0.1) is 0 Å². The van der Waals surface area contributed by atoms with Gasteiger partial charge in [-0.1, -0.05) is 62.4 Å². The number of nitrogens with zero attached hydrogens (tertiary/aromatic N) is 3. The van der Waals surface area contributed by atoms with E-state index >= 15 is 0 Å². The molecule has 0 saturated heterocycles. The molecular formula is C24H31N5O. The van der Waals surface area contributed by atoms with E-state index in [9.17, 15) is 4.79 Å². The van der Waals surface area contributed by atoms with Gasteiger partial charge in [-0.05, 0) is 35.3 Å². The molecule has 0 fully saturated rings. The molecule has 2 aromatic carbocycles. The average Bonchev–Trinajstić information content (AvgIpc) is 3.29. The van der Waals surface area contributed by atoms with Gasteiger partial charge in [0.05, 0.1) is 6.33 Å². The van der Waals surface area contributed by atoms with E-state index < -0.39 is 0 Å². The zero-order valence-electron chi connectivity index (χ0n) is 17.8. The highest BCUT2D eigenvalue weighted by molar-refractivity contribution is 5.73. The Morgan fingerprint density at radius 3 is 1.90 bits per heavy atom. The second kappa shape index (κ2) is 11.2. The summed E-state index contributed by atoms with van der Waals surface area (Å²) in [5.41, 5.74) is 4.66. The molecule has 0 aliphatic rings. The standard InChI is InChI=1S/C24H31N5O/c1-3-28(4-2)17-22-9-5-20(6-10-22)15-26-24(30)27-16-21-7-11-23(12-8-21)18-29-14-13-25-19-29/h5-14,19H,3-4,15-18H2,1-2H3,(H2,26,27,30). The first-order chi connectivity index (χ1) is 14.7. The van der Waals surface area contributed by atoms with Gasteiger partial charge < -0.3 is 15.2 Å². The first-order valence-corrected chi connectivity index (χ1v) is 10.5. The number of aromatic nitrogens is 2. The predicted molar refractivity (Wildman–Crippen MR) is 120 cm³/mol. The summed E-state index contributed by atoms with van der Waals surface area (Å²) in [5.74, 6) is 0. The summed E-state index contributed by atoms with van der Waals surface area (Å²) >= 11 is 0. The number of amides is 2. The highest BCUT2D eigenvalue weighted by atomic mass is 16.2. The van der Waals surface area contributed by atoms with Crippen molar-refractivity contribution in [3.8, 4) is 0 Å². The fourth-order valence-corrected chi connectivity index (χ4v) is 3.25. The lowest BCUT2D eigenvalue weighted by Gasteiger charge is -2.18. The number of nitrogens with one attached hydrogen (secondary N) is 2. The van der Waals surface area contributed by atoms with Crippen LogP contribution in [0.2, 0.25) is 0 Å². The van der Waals surface area contributed by atoms with E-state index in [0.717, 1.165) is 37.3 Å². The van der Waals surface area contributed by atoms with Gasteiger partial charge in [-0.2, -0.15) is 0 Å². The molecule has 0 aliphatic carbocycles. The van der Waals surface area contributed by atoms with Crippen LogP contribution in [-0.2, 0) is 26.2 Å². The van der Waals surface area contributed by atoms with E-state index in [0.29, 0.717) is 13.1 Å². The number of carbonyl (C=O) groups excluding carboxylic acids is 1. The number of hydrogen-bond donors (Lipinski definition) is 2. The van der Waals surface area contributed by atoms with Crippen molar-refractivity contribution in [3.63, 3.8) is 0 Å². The van der Waals surface area contributed by atoms with E-state index in [2.05, 4.69) is 70.8 Å². The minimum absolute atomic E-state index is 0.162. The molecule has 0 bridgehead atoms. The fraction of sp³-hybridized carbons (Fsp3) is 0.333. The summed E-state index contributed by atoms with van der Waals surface area (Å²) < 4.78 is 2.02. The van der Waals surface area contributed by atoms with Gasteiger partial charge in [0.2, 0.25) is 0 Å². The third kappa shape index (κ3) is 6.74. The first-order valence-electron chi connectivity index (χ1n) is 10.5. The van der Waals surface area contributed by atoms with Crippen molar-refractivity contribution in [2.24, 2.45) is 0 Å².